The summed E-state index contributed by atoms with van der Waals surface area (Å²) in [5.41, 5.74) is 6.75. The SMILES string of the molecule is Nc1nc(Cl)nc2c1ncn2[C@H]1CC(O)[C@@H](CI)O1. The van der Waals surface area contributed by atoms with Crippen molar-refractivity contribution in [3.8, 4) is 0 Å². The first kappa shape index (κ1) is 13.3. The van der Waals surface area contributed by atoms with Crippen LogP contribution in [0.5, 0.6) is 0 Å². The van der Waals surface area contributed by atoms with E-state index in [1.807, 2.05) is 0 Å². The average molecular weight is 396 g/mol. The fraction of sp³-hybridized carbons (Fsp3) is 0.500. The van der Waals surface area contributed by atoms with Crippen LogP contribution in [0.3, 0.4) is 0 Å². The molecule has 7 nitrogen and oxygen atoms in total. The Bertz CT molecular complexity index is 621. The summed E-state index contributed by atoms with van der Waals surface area (Å²) < 4.78 is 8.23. The number of ether oxygens (including phenoxy) is 1. The molecule has 0 aliphatic carbocycles. The first-order valence-electron chi connectivity index (χ1n) is 5.65. The molecule has 3 rings (SSSR count). The average Bonchev–Trinajstić information content (AvgIpc) is 2.92. The largest absolute Gasteiger partial charge is 0.390 e. The number of fused-ring (bicyclic) bond motifs is 1. The molecule has 3 N–H and O–H groups in total. The van der Waals surface area contributed by atoms with Crippen LogP contribution in [0.2, 0.25) is 5.28 Å². The van der Waals surface area contributed by atoms with E-state index < -0.39 is 6.10 Å². The molecule has 3 atom stereocenters. The zero-order chi connectivity index (χ0) is 13.6. The van der Waals surface area contributed by atoms with Gasteiger partial charge in [-0.1, -0.05) is 22.6 Å². The van der Waals surface area contributed by atoms with Crippen molar-refractivity contribution in [1.82, 2.24) is 19.5 Å². The van der Waals surface area contributed by atoms with Gasteiger partial charge in [-0.3, -0.25) is 4.57 Å². The number of nitrogens with zero attached hydrogens (tertiary/aromatic N) is 4. The fourth-order valence-electron chi connectivity index (χ4n) is 2.15. The molecule has 19 heavy (non-hydrogen) atoms. The molecule has 9 heteroatoms. The van der Waals surface area contributed by atoms with Gasteiger partial charge in [-0.25, -0.2) is 4.98 Å². The Kier molecular flexibility index (Phi) is 3.50. The van der Waals surface area contributed by atoms with Crippen molar-refractivity contribution in [3.63, 3.8) is 0 Å². The van der Waals surface area contributed by atoms with Gasteiger partial charge in [0.05, 0.1) is 18.5 Å². The van der Waals surface area contributed by atoms with Crippen molar-refractivity contribution >= 4 is 51.2 Å². The van der Waals surface area contributed by atoms with E-state index in [0.29, 0.717) is 17.6 Å². The number of aliphatic hydroxyl groups excluding tert-OH is 1. The highest BCUT2D eigenvalue weighted by Crippen LogP contribution is 2.32. The minimum atomic E-state index is -0.492. The maximum Gasteiger partial charge on any atom is 0.226 e. The molecule has 0 bridgehead atoms. The summed E-state index contributed by atoms with van der Waals surface area (Å²) in [5.74, 6) is 0.234. The second-order valence-corrected chi connectivity index (χ2v) is 5.51. The van der Waals surface area contributed by atoms with E-state index in [1.165, 1.54) is 0 Å². The van der Waals surface area contributed by atoms with Crippen LogP contribution in [-0.2, 0) is 4.74 Å². The van der Waals surface area contributed by atoms with Gasteiger partial charge in [0, 0.05) is 10.8 Å². The lowest BCUT2D eigenvalue weighted by Gasteiger charge is -2.13. The Hall–Kier alpha value is -0.710. The number of nitrogen functional groups attached to an aromatic ring is 1. The molecule has 1 fully saturated rings. The summed E-state index contributed by atoms with van der Waals surface area (Å²) in [7, 11) is 0. The predicted molar refractivity (Wildman–Crippen MR) is 78.2 cm³/mol. The van der Waals surface area contributed by atoms with E-state index in [-0.39, 0.29) is 23.4 Å². The van der Waals surface area contributed by atoms with E-state index in [2.05, 4.69) is 37.5 Å². The fourth-order valence-corrected chi connectivity index (χ4v) is 3.11. The standard InChI is InChI=1S/C10H11ClIN5O2/c11-10-15-8(13)7-9(16-10)17(3-14-7)6-1-4(18)5(2-12)19-6/h3-6,18H,1-2H2,(H2,13,15,16)/t4?,5-,6-/m1/s1. The van der Waals surface area contributed by atoms with Crippen LogP contribution in [0.25, 0.3) is 11.2 Å². The van der Waals surface area contributed by atoms with Gasteiger partial charge < -0.3 is 15.6 Å². The third-order valence-electron chi connectivity index (χ3n) is 3.09. The molecule has 2 aromatic heterocycles. The van der Waals surface area contributed by atoms with Crippen molar-refractivity contribution < 1.29 is 9.84 Å². The smallest absolute Gasteiger partial charge is 0.226 e. The van der Waals surface area contributed by atoms with Crippen LogP contribution in [-0.4, -0.2) is 41.3 Å². The van der Waals surface area contributed by atoms with Crippen molar-refractivity contribution in [3.05, 3.63) is 11.6 Å². The lowest BCUT2D eigenvalue weighted by atomic mass is 10.2. The molecular weight excluding hydrogens is 384 g/mol. The number of hydrogen-bond donors (Lipinski definition) is 2. The number of imidazole rings is 1. The van der Waals surface area contributed by atoms with Gasteiger partial charge in [0.2, 0.25) is 5.28 Å². The second-order valence-electron chi connectivity index (χ2n) is 4.29. The number of rotatable bonds is 2. The summed E-state index contributed by atoms with van der Waals surface area (Å²) in [5, 5.41) is 9.96. The van der Waals surface area contributed by atoms with Crippen LogP contribution >= 0.6 is 34.2 Å². The lowest BCUT2D eigenvalue weighted by molar-refractivity contribution is -0.00221. The Balaban J connectivity index is 2.02. The Labute approximate surface area is 127 Å². The summed E-state index contributed by atoms with van der Waals surface area (Å²) in [4.78, 5) is 12.2. The van der Waals surface area contributed by atoms with Gasteiger partial charge in [-0.2, -0.15) is 9.97 Å². The maximum absolute atomic E-state index is 9.89. The quantitative estimate of drug-likeness (QED) is 0.449. The van der Waals surface area contributed by atoms with Crippen LogP contribution in [0.15, 0.2) is 6.33 Å². The molecule has 1 aliphatic rings. The number of hydrogen-bond acceptors (Lipinski definition) is 6. The highest BCUT2D eigenvalue weighted by molar-refractivity contribution is 14.1. The van der Waals surface area contributed by atoms with Crippen LogP contribution in [0.1, 0.15) is 12.6 Å². The summed E-state index contributed by atoms with van der Waals surface area (Å²) in [6.45, 7) is 0. The summed E-state index contributed by atoms with van der Waals surface area (Å²) in [6, 6.07) is 0. The Morgan fingerprint density at radius 3 is 3.05 bits per heavy atom. The van der Waals surface area contributed by atoms with E-state index in [0.717, 1.165) is 4.43 Å². The third kappa shape index (κ3) is 2.26. The van der Waals surface area contributed by atoms with Gasteiger partial charge in [-0.15, -0.1) is 0 Å². The molecule has 0 aromatic carbocycles. The summed E-state index contributed by atoms with van der Waals surface area (Å²) >= 11 is 7.99. The number of nitrogens with two attached hydrogens (primary N) is 1. The molecule has 1 saturated heterocycles. The molecule has 0 saturated carbocycles. The minimum Gasteiger partial charge on any atom is -0.390 e. The number of aromatic nitrogens is 4. The number of anilines is 1. The first-order chi connectivity index (χ1) is 9.10. The molecule has 0 spiro atoms. The molecule has 2 aromatic rings. The topological polar surface area (TPSA) is 99.1 Å². The molecule has 1 aliphatic heterocycles. The van der Waals surface area contributed by atoms with Gasteiger partial charge in [0.15, 0.2) is 11.5 Å². The lowest BCUT2D eigenvalue weighted by Crippen LogP contribution is -2.21. The first-order valence-corrected chi connectivity index (χ1v) is 7.55. The number of aliphatic hydroxyl groups is 1. The number of alkyl halides is 1. The van der Waals surface area contributed by atoms with Gasteiger partial charge >= 0.3 is 0 Å². The molecule has 102 valence electrons. The van der Waals surface area contributed by atoms with Crippen molar-refractivity contribution in [2.45, 2.75) is 24.9 Å². The van der Waals surface area contributed by atoms with Gasteiger partial charge in [-0.05, 0) is 11.6 Å². The summed E-state index contributed by atoms with van der Waals surface area (Å²) in [6.07, 6.45) is 1.08. The molecule has 0 amide bonds. The normalized spacial score (nSPS) is 27.2. The van der Waals surface area contributed by atoms with Crippen molar-refractivity contribution in [2.75, 3.05) is 10.2 Å². The van der Waals surface area contributed by atoms with Crippen molar-refractivity contribution in [1.29, 1.82) is 0 Å². The van der Waals surface area contributed by atoms with Gasteiger partial charge in [0.1, 0.15) is 11.7 Å². The third-order valence-corrected chi connectivity index (χ3v) is 4.12. The van der Waals surface area contributed by atoms with Crippen LogP contribution in [0, 0.1) is 0 Å². The minimum absolute atomic E-state index is 0.0655. The second kappa shape index (κ2) is 5.00. The zero-order valence-electron chi connectivity index (χ0n) is 9.70. The Morgan fingerprint density at radius 1 is 1.58 bits per heavy atom. The molecular formula is C10H11ClIN5O2. The van der Waals surface area contributed by atoms with E-state index in [1.54, 1.807) is 10.9 Å². The molecule has 3 heterocycles. The van der Waals surface area contributed by atoms with Crippen molar-refractivity contribution in [2.24, 2.45) is 0 Å². The maximum atomic E-state index is 9.89. The van der Waals surface area contributed by atoms with E-state index in [9.17, 15) is 5.11 Å². The van der Waals surface area contributed by atoms with Crippen LogP contribution < -0.4 is 5.73 Å². The van der Waals surface area contributed by atoms with Gasteiger partial charge in [0.25, 0.3) is 0 Å². The van der Waals surface area contributed by atoms with Crippen LogP contribution in [0.4, 0.5) is 5.82 Å². The van der Waals surface area contributed by atoms with E-state index >= 15 is 0 Å². The highest BCUT2D eigenvalue weighted by Gasteiger charge is 2.35. The monoisotopic (exact) mass is 395 g/mol. The predicted octanol–water partition coefficient (Wildman–Crippen LogP) is 1.15. The Morgan fingerprint density at radius 2 is 2.37 bits per heavy atom. The molecule has 0 radical (unpaired) electrons. The van der Waals surface area contributed by atoms with E-state index in [4.69, 9.17) is 22.1 Å². The zero-order valence-corrected chi connectivity index (χ0v) is 12.6. The number of halogens is 2. The molecule has 1 unspecified atom stereocenters. The highest BCUT2D eigenvalue weighted by atomic mass is 127.